The zero-order chi connectivity index (χ0) is 20.1. The molecule has 1 aliphatic heterocycles. The molecule has 1 aromatic carbocycles. The molecule has 1 aliphatic rings. The third-order valence-corrected chi connectivity index (χ3v) is 4.59. The Labute approximate surface area is 164 Å². The van der Waals surface area contributed by atoms with Crippen LogP contribution in [-0.2, 0) is 11.3 Å². The largest absolute Gasteiger partial charge is 0.466 e. The molecule has 2 amide bonds. The summed E-state index contributed by atoms with van der Waals surface area (Å²) in [6, 6.07) is 7.34. The van der Waals surface area contributed by atoms with Gasteiger partial charge in [0.15, 0.2) is 11.5 Å². The third kappa shape index (κ3) is 4.65. The zero-order valence-electron chi connectivity index (χ0n) is 16.5. The quantitative estimate of drug-likeness (QED) is 0.754. The number of nitrogens with zero attached hydrogens (tertiary/aromatic N) is 1. The van der Waals surface area contributed by atoms with Crippen molar-refractivity contribution in [1.82, 2.24) is 10.2 Å². The topological polar surface area (TPSA) is 81.0 Å². The highest BCUT2D eigenvalue weighted by Gasteiger charge is 2.20. The molecule has 2 heterocycles. The van der Waals surface area contributed by atoms with E-state index in [1.54, 1.807) is 17.9 Å². The van der Waals surface area contributed by atoms with Gasteiger partial charge >= 0.3 is 0 Å². The van der Waals surface area contributed by atoms with E-state index in [0.717, 1.165) is 12.0 Å². The van der Waals surface area contributed by atoms with Crippen LogP contribution in [0.5, 0.6) is 11.5 Å². The Kier molecular flexibility index (Phi) is 6.23. The molecular formula is C21H26N2O5. The molecule has 0 atom stereocenters. The number of amides is 2. The molecule has 3 rings (SSSR count). The van der Waals surface area contributed by atoms with Crippen LogP contribution >= 0.6 is 0 Å². The van der Waals surface area contributed by atoms with Gasteiger partial charge in [0.05, 0.1) is 5.56 Å². The highest BCUT2D eigenvalue weighted by molar-refractivity contribution is 5.95. The molecule has 0 aliphatic carbocycles. The summed E-state index contributed by atoms with van der Waals surface area (Å²) in [6.07, 6.45) is 1.06. The molecule has 0 spiro atoms. The number of ether oxygens (including phenoxy) is 2. The first-order valence-corrected chi connectivity index (χ1v) is 9.49. The Morgan fingerprint density at radius 3 is 2.61 bits per heavy atom. The molecule has 1 aromatic heterocycles. The molecule has 1 N–H and O–H groups in total. The molecule has 0 bridgehead atoms. The van der Waals surface area contributed by atoms with Crippen LogP contribution in [0.3, 0.4) is 0 Å². The third-order valence-electron chi connectivity index (χ3n) is 4.59. The first kappa shape index (κ1) is 19.8. The van der Waals surface area contributed by atoms with E-state index in [2.05, 4.69) is 5.32 Å². The van der Waals surface area contributed by atoms with E-state index in [9.17, 15) is 9.59 Å². The van der Waals surface area contributed by atoms with E-state index in [-0.39, 0.29) is 25.0 Å². The van der Waals surface area contributed by atoms with Gasteiger partial charge in [-0.2, -0.15) is 0 Å². The van der Waals surface area contributed by atoms with Crippen molar-refractivity contribution in [2.45, 2.75) is 40.2 Å². The lowest BCUT2D eigenvalue weighted by Crippen LogP contribution is -2.35. The molecule has 0 radical (unpaired) electrons. The Bertz CT molecular complexity index is 858. The number of nitrogens with one attached hydrogen (secondary N) is 1. The van der Waals surface area contributed by atoms with E-state index in [1.165, 1.54) is 0 Å². The van der Waals surface area contributed by atoms with E-state index in [1.807, 2.05) is 32.0 Å². The lowest BCUT2D eigenvalue weighted by Gasteiger charge is -2.21. The number of carbonyl (C=O) groups is 2. The normalized spacial score (nSPS) is 12.1. The minimum atomic E-state index is -0.105. The molecule has 0 fully saturated rings. The van der Waals surface area contributed by atoms with Gasteiger partial charge in [-0.3, -0.25) is 9.59 Å². The number of hydrogen-bond acceptors (Lipinski definition) is 5. The van der Waals surface area contributed by atoms with Gasteiger partial charge in [-0.25, -0.2) is 0 Å². The summed E-state index contributed by atoms with van der Waals surface area (Å²) in [5.41, 5.74) is 1.50. The summed E-state index contributed by atoms with van der Waals surface area (Å²) in [7, 11) is 0. The maximum atomic E-state index is 12.8. The van der Waals surface area contributed by atoms with Gasteiger partial charge in [0, 0.05) is 26.1 Å². The van der Waals surface area contributed by atoms with Crippen LogP contribution in [0.4, 0.5) is 0 Å². The van der Waals surface area contributed by atoms with Crippen molar-refractivity contribution in [3.05, 3.63) is 46.9 Å². The van der Waals surface area contributed by atoms with E-state index >= 15 is 0 Å². The zero-order valence-corrected chi connectivity index (χ0v) is 16.5. The molecule has 0 unspecified atom stereocenters. The van der Waals surface area contributed by atoms with E-state index < -0.39 is 0 Å². The summed E-state index contributed by atoms with van der Waals surface area (Å²) in [5.74, 6) is 2.52. The molecule has 7 heteroatoms. The molecule has 150 valence electrons. The fourth-order valence-corrected chi connectivity index (χ4v) is 3.17. The molecular weight excluding hydrogens is 360 g/mol. The summed E-state index contributed by atoms with van der Waals surface area (Å²) in [6.45, 7) is 7.19. The van der Waals surface area contributed by atoms with Gasteiger partial charge in [-0.05, 0) is 44.0 Å². The summed E-state index contributed by atoms with van der Waals surface area (Å²) in [5, 5.41) is 2.89. The Balaban J connectivity index is 1.52. The van der Waals surface area contributed by atoms with Crippen molar-refractivity contribution < 1.29 is 23.5 Å². The molecule has 0 saturated heterocycles. The van der Waals surface area contributed by atoms with Gasteiger partial charge in [-0.1, -0.05) is 13.0 Å². The molecule has 2 aromatic rings. The van der Waals surface area contributed by atoms with Crippen LogP contribution in [0.25, 0.3) is 0 Å². The monoisotopic (exact) mass is 386 g/mol. The standard InChI is InChI=1S/C21H26N2O5/c1-4-8-23(21(25)17-10-14(2)28-15(17)3)9-7-20(24)22-12-16-5-6-18-19(11-16)27-13-26-18/h5-6,10-11H,4,7-9,12-13H2,1-3H3,(H,22,24). The number of aryl methyl sites for hydroxylation is 2. The Hall–Kier alpha value is -2.96. The van der Waals surface area contributed by atoms with Crippen LogP contribution in [-0.4, -0.2) is 36.6 Å². The highest BCUT2D eigenvalue weighted by atomic mass is 16.7. The second-order valence-electron chi connectivity index (χ2n) is 6.83. The number of rotatable bonds is 8. The van der Waals surface area contributed by atoms with Crippen molar-refractivity contribution >= 4 is 11.8 Å². The van der Waals surface area contributed by atoms with Gasteiger partial charge in [-0.15, -0.1) is 0 Å². The number of furan rings is 1. The maximum Gasteiger partial charge on any atom is 0.257 e. The smallest absolute Gasteiger partial charge is 0.257 e. The number of benzene rings is 1. The molecule has 7 nitrogen and oxygen atoms in total. The van der Waals surface area contributed by atoms with E-state index in [4.69, 9.17) is 13.9 Å². The number of fused-ring (bicyclic) bond motifs is 1. The fourth-order valence-electron chi connectivity index (χ4n) is 3.17. The fraction of sp³-hybridized carbons (Fsp3) is 0.429. The average molecular weight is 386 g/mol. The minimum Gasteiger partial charge on any atom is -0.466 e. The van der Waals surface area contributed by atoms with Crippen LogP contribution in [0.1, 0.15) is 47.2 Å². The highest BCUT2D eigenvalue weighted by Crippen LogP contribution is 2.32. The first-order valence-electron chi connectivity index (χ1n) is 9.49. The lowest BCUT2D eigenvalue weighted by atomic mass is 10.2. The predicted octanol–water partition coefficient (Wildman–Crippen LogP) is 3.18. The van der Waals surface area contributed by atoms with Crippen LogP contribution in [0, 0.1) is 13.8 Å². The van der Waals surface area contributed by atoms with E-state index in [0.29, 0.717) is 48.2 Å². The van der Waals surface area contributed by atoms with Crippen molar-refractivity contribution in [2.24, 2.45) is 0 Å². The molecule has 0 saturated carbocycles. The van der Waals surface area contributed by atoms with Crippen molar-refractivity contribution in [2.75, 3.05) is 19.9 Å². The van der Waals surface area contributed by atoms with Gasteiger partial charge in [0.2, 0.25) is 12.7 Å². The second-order valence-corrected chi connectivity index (χ2v) is 6.83. The lowest BCUT2D eigenvalue weighted by molar-refractivity contribution is -0.121. The van der Waals surface area contributed by atoms with Crippen LogP contribution in [0.2, 0.25) is 0 Å². The molecule has 28 heavy (non-hydrogen) atoms. The van der Waals surface area contributed by atoms with Gasteiger partial charge in [0.25, 0.3) is 5.91 Å². The second kappa shape index (κ2) is 8.82. The maximum absolute atomic E-state index is 12.8. The Morgan fingerprint density at radius 1 is 1.11 bits per heavy atom. The van der Waals surface area contributed by atoms with Crippen LogP contribution in [0.15, 0.2) is 28.7 Å². The summed E-state index contributed by atoms with van der Waals surface area (Å²) < 4.78 is 16.1. The summed E-state index contributed by atoms with van der Waals surface area (Å²) in [4.78, 5) is 26.7. The number of hydrogen-bond donors (Lipinski definition) is 1. The van der Waals surface area contributed by atoms with Crippen molar-refractivity contribution in [1.29, 1.82) is 0 Å². The first-order chi connectivity index (χ1) is 13.5. The Morgan fingerprint density at radius 2 is 1.89 bits per heavy atom. The minimum absolute atomic E-state index is 0.0974. The average Bonchev–Trinajstić information content (AvgIpc) is 3.27. The number of carbonyl (C=O) groups excluding carboxylic acids is 2. The predicted molar refractivity (Wildman–Crippen MR) is 103 cm³/mol. The van der Waals surface area contributed by atoms with Crippen molar-refractivity contribution in [3.8, 4) is 11.5 Å². The van der Waals surface area contributed by atoms with Gasteiger partial charge in [0.1, 0.15) is 11.5 Å². The van der Waals surface area contributed by atoms with Crippen molar-refractivity contribution in [3.63, 3.8) is 0 Å². The summed E-state index contributed by atoms with van der Waals surface area (Å²) >= 11 is 0. The van der Waals surface area contributed by atoms with Crippen LogP contribution < -0.4 is 14.8 Å². The SMILES string of the molecule is CCCN(CCC(=O)NCc1ccc2c(c1)OCO2)C(=O)c1cc(C)oc1C. The van der Waals surface area contributed by atoms with Gasteiger partial charge < -0.3 is 24.1 Å².